The standard InChI is InChI=1S/C12H15N3O/c1-10(9-16)7-12-8-13-14-15(12)11-5-3-2-4-6-11/h2-6,8,10,16H,7,9H2,1H3. The molecule has 0 spiro atoms. The number of aromatic nitrogens is 3. The molecule has 0 fully saturated rings. The van der Waals surface area contributed by atoms with E-state index >= 15 is 0 Å². The van der Waals surface area contributed by atoms with E-state index in [0.717, 1.165) is 17.8 Å². The maximum absolute atomic E-state index is 9.04. The summed E-state index contributed by atoms with van der Waals surface area (Å²) < 4.78 is 1.81. The third kappa shape index (κ3) is 2.28. The quantitative estimate of drug-likeness (QED) is 0.843. The van der Waals surface area contributed by atoms with Crippen LogP contribution < -0.4 is 0 Å². The van der Waals surface area contributed by atoms with Crippen LogP contribution in [0.2, 0.25) is 0 Å². The van der Waals surface area contributed by atoms with Crippen molar-refractivity contribution in [3.05, 3.63) is 42.2 Å². The monoisotopic (exact) mass is 217 g/mol. The lowest BCUT2D eigenvalue weighted by molar-refractivity contribution is 0.235. The van der Waals surface area contributed by atoms with E-state index in [-0.39, 0.29) is 12.5 Å². The van der Waals surface area contributed by atoms with E-state index < -0.39 is 0 Å². The van der Waals surface area contributed by atoms with E-state index in [4.69, 9.17) is 5.11 Å². The average molecular weight is 217 g/mol. The maximum atomic E-state index is 9.04. The van der Waals surface area contributed by atoms with Gasteiger partial charge < -0.3 is 5.11 Å². The smallest absolute Gasteiger partial charge is 0.0729 e. The van der Waals surface area contributed by atoms with Gasteiger partial charge in [0, 0.05) is 6.61 Å². The molecule has 0 amide bonds. The third-order valence-electron chi connectivity index (χ3n) is 2.49. The highest BCUT2D eigenvalue weighted by atomic mass is 16.3. The SMILES string of the molecule is CC(CO)Cc1cnnn1-c1ccccc1. The van der Waals surface area contributed by atoms with E-state index in [0.29, 0.717) is 0 Å². The van der Waals surface area contributed by atoms with E-state index in [1.165, 1.54) is 0 Å². The molecule has 0 saturated carbocycles. The average Bonchev–Trinajstić information content (AvgIpc) is 2.78. The normalized spacial score (nSPS) is 12.6. The zero-order chi connectivity index (χ0) is 11.4. The Bertz CT molecular complexity index is 439. The van der Waals surface area contributed by atoms with Crippen molar-refractivity contribution >= 4 is 0 Å². The first-order chi connectivity index (χ1) is 7.81. The van der Waals surface area contributed by atoms with Crippen molar-refractivity contribution in [3.63, 3.8) is 0 Å². The maximum Gasteiger partial charge on any atom is 0.0729 e. The zero-order valence-electron chi connectivity index (χ0n) is 9.24. The van der Waals surface area contributed by atoms with Crippen LogP contribution in [0.4, 0.5) is 0 Å². The fourth-order valence-corrected chi connectivity index (χ4v) is 1.60. The molecule has 4 nitrogen and oxygen atoms in total. The molecule has 4 heteroatoms. The molecule has 0 aliphatic rings. The topological polar surface area (TPSA) is 50.9 Å². The molecule has 1 atom stereocenters. The predicted octanol–water partition coefficient (Wildman–Crippen LogP) is 1.44. The largest absolute Gasteiger partial charge is 0.396 e. The second-order valence-electron chi connectivity index (χ2n) is 3.96. The Balaban J connectivity index is 2.26. The Labute approximate surface area is 94.5 Å². The molecule has 2 rings (SSSR count). The second kappa shape index (κ2) is 4.90. The molecular weight excluding hydrogens is 202 g/mol. The molecule has 0 bridgehead atoms. The van der Waals surface area contributed by atoms with Gasteiger partial charge in [-0.15, -0.1) is 5.10 Å². The van der Waals surface area contributed by atoms with Crippen LogP contribution in [-0.4, -0.2) is 26.7 Å². The minimum Gasteiger partial charge on any atom is -0.396 e. The van der Waals surface area contributed by atoms with Crippen molar-refractivity contribution in [2.45, 2.75) is 13.3 Å². The number of benzene rings is 1. The van der Waals surface area contributed by atoms with Crippen LogP contribution in [0.3, 0.4) is 0 Å². The van der Waals surface area contributed by atoms with Gasteiger partial charge in [0.25, 0.3) is 0 Å². The number of hydrogen-bond acceptors (Lipinski definition) is 3. The van der Waals surface area contributed by atoms with Gasteiger partial charge in [-0.2, -0.15) is 0 Å². The van der Waals surface area contributed by atoms with E-state index in [1.54, 1.807) is 6.20 Å². The number of aliphatic hydroxyl groups is 1. The molecule has 0 saturated heterocycles. The number of aliphatic hydroxyl groups excluding tert-OH is 1. The number of rotatable bonds is 4. The summed E-state index contributed by atoms with van der Waals surface area (Å²) in [6.07, 6.45) is 2.53. The van der Waals surface area contributed by atoms with E-state index in [9.17, 15) is 0 Å². The van der Waals surface area contributed by atoms with Crippen LogP contribution in [0.15, 0.2) is 36.5 Å². The summed E-state index contributed by atoms with van der Waals surface area (Å²) in [5, 5.41) is 17.0. The van der Waals surface area contributed by atoms with Gasteiger partial charge >= 0.3 is 0 Å². The lowest BCUT2D eigenvalue weighted by Gasteiger charge is -2.09. The van der Waals surface area contributed by atoms with Crippen LogP contribution in [0.1, 0.15) is 12.6 Å². The molecule has 1 aromatic carbocycles. The second-order valence-corrected chi connectivity index (χ2v) is 3.96. The Kier molecular flexibility index (Phi) is 3.31. The summed E-state index contributed by atoms with van der Waals surface area (Å²) in [4.78, 5) is 0. The zero-order valence-corrected chi connectivity index (χ0v) is 9.24. The highest BCUT2D eigenvalue weighted by Crippen LogP contribution is 2.12. The molecule has 16 heavy (non-hydrogen) atoms. The van der Waals surface area contributed by atoms with Gasteiger partial charge in [-0.1, -0.05) is 30.3 Å². The Hall–Kier alpha value is -1.68. The van der Waals surface area contributed by atoms with Crippen LogP contribution >= 0.6 is 0 Å². The van der Waals surface area contributed by atoms with Gasteiger partial charge in [0.05, 0.1) is 17.6 Å². The van der Waals surface area contributed by atoms with Crippen LogP contribution in [0.5, 0.6) is 0 Å². The van der Waals surface area contributed by atoms with Gasteiger partial charge in [0.15, 0.2) is 0 Å². The first-order valence-corrected chi connectivity index (χ1v) is 5.37. The molecule has 1 N–H and O–H groups in total. The Morgan fingerprint density at radius 2 is 2.06 bits per heavy atom. The highest BCUT2D eigenvalue weighted by Gasteiger charge is 2.09. The molecule has 0 aliphatic heterocycles. The molecule has 2 aromatic rings. The summed E-state index contributed by atoms with van der Waals surface area (Å²) in [6.45, 7) is 2.18. The van der Waals surface area contributed by atoms with Crippen LogP contribution in [0.25, 0.3) is 5.69 Å². The molecule has 0 radical (unpaired) electrons. The summed E-state index contributed by atoms with van der Waals surface area (Å²) in [7, 11) is 0. The molecule has 1 unspecified atom stereocenters. The molecule has 0 aliphatic carbocycles. The van der Waals surface area contributed by atoms with Crippen molar-refractivity contribution in [3.8, 4) is 5.69 Å². The number of para-hydroxylation sites is 1. The Morgan fingerprint density at radius 1 is 1.31 bits per heavy atom. The summed E-state index contributed by atoms with van der Waals surface area (Å²) in [6, 6.07) is 9.88. The fraction of sp³-hybridized carbons (Fsp3) is 0.333. The van der Waals surface area contributed by atoms with Gasteiger partial charge in [-0.25, -0.2) is 4.68 Å². The van der Waals surface area contributed by atoms with Crippen LogP contribution in [-0.2, 0) is 6.42 Å². The first kappa shape index (κ1) is 10.8. The fourth-order valence-electron chi connectivity index (χ4n) is 1.60. The lowest BCUT2D eigenvalue weighted by atomic mass is 10.1. The first-order valence-electron chi connectivity index (χ1n) is 5.37. The van der Waals surface area contributed by atoms with Gasteiger partial charge in [-0.05, 0) is 24.5 Å². The minimum atomic E-state index is 0.181. The van der Waals surface area contributed by atoms with Crippen molar-refractivity contribution in [2.24, 2.45) is 5.92 Å². The van der Waals surface area contributed by atoms with Crippen molar-refractivity contribution in [2.75, 3.05) is 6.61 Å². The summed E-state index contributed by atoms with van der Waals surface area (Å²) in [5.41, 5.74) is 2.02. The van der Waals surface area contributed by atoms with Crippen LogP contribution in [0, 0.1) is 5.92 Å². The summed E-state index contributed by atoms with van der Waals surface area (Å²) >= 11 is 0. The Morgan fingerprint density at radius 3 is 2.75 bits per heavy atom. The lowest BCUT2D eigenvalue weighted by Crippen LogP contribution is -2.09. The molecular formula is C12H15N3O. The van der Waals surface area contributed by atoms with Crippen molar-refractivity contribution in [1.29, 1.82) is 0 Å². The minimum absolute atomic E-state index is 0.181. The predicted molar refractivity (Wildman–Crippen MR) is 61.3 cm³/mol. The van der Waals surface area contributed by atoms with Gasteiger partial charge in [0.1, 0.15) is 0 Å². The van der Waals surface area contributed by atoms with Crippen molar-refractivity contribution in [1.82, 2.24) is 15.0 Å². The highest BCUT2D eigenvalue weighted by molar-refractivity contribution is 5.31. The summed E-state index contributed by atoms with van der Waals surface area (Å²) in [5.74, 6) is 0.223. The third-order valence-corrected chi connectivity index (χ3v) is 2.49. The number of nitrogens with zero attached hydrogens (tertiary/aromatic N) is 3. The van der Waals surface area contributed by atoms with E-state index in [1.807, 2.05) is 41.9 Å². The van der Waals surface area contributed by atoms with Gasteiger partial charge in [-0.3, -0.25) is 0 Å². The van der Waals surface area contributed by atoms with E-state index in [2.05, 4.69) is 10.3 Å². The molecule has 1 aromatic heterocycles. The molecule has 1 heterocycles. The van der Waals surface area contributed by atoms with Crippen molar-refractivity contribution < 1.29 is 5.11 Å². The molecule has 84 valence electrons. The van der Waals surface area contributed by atoms with Gasteiger partial charge in [0.2, 0.25) is 0 Å². The number of hydrogen-bond donors (Lipinski definition) is 1.